The van der Waals surface area contributed by atoms with E-state index in [4.69, 9.17) is 27.9 Å². The highest BCUT2D eigenvalue weighted by molar-refractivity contribution is 6.35. The van der Waals surface area contributed by atoms with E-state index in [1.54, 1.807) is 6.07 Å². The van der Waals surface area contributed by atoms with Crippen LogP contribution in [0.15, 0.2) is 42.5 Å². The number of hydrogen-bond donors (Lipinski definition) is 1. The molecule has 1 saturated heterocycles. The first-order valence-electron chi connectivity index (χ1n) is 11.8. The molecule has 1 aliphatic carbocycles. The van der Waals surface area contributed by atoms with Gasteiger partial charge in [-0.15, -0.1) is 0 Å². The fraction of sp³-hybridized carbons (Fsp3) is 0.500. The fourth-order valence-electron chi connectivity index (χ4n) is 5.02. The lowest BCUT2D eigenvalue weighted by atomic mass is 9.68. The lowest BCUT2D eigenvalue weighted by Crippen LogP contribution is -2.42. The van der Waals surface area contributed by atoms with Gasteiger partial charge in [-0.2, -0.15) is 0 Å². The Kier molecular flexibility index (Phi) is 7.98. The highest BCUT2D eigenvalue weighted by Gasteiger charge is 2.42. The SMILES string of the molecule is O=C(Nc1ccc(OCCCN2CCCC2)cc1)C1(c2ccc(Cl)cc2Cl)CCCCC1. The largest absolute Gasteiger partial charge is 0.494 e. The van der Waals surface area contributed by atoms with Crippen LogP contribution >= 0.6 is 23.2 Å². The minimum Gasteiger partial charge on any atom is -0.494 e. The number of nitrogens with one attached hydrogen (secondary N) is 1. The summed E-state index contributed by atoms with van der Waals surface area (Å²) in [6.07, 6.45) is 8.41. The number of likely N-dealkylation sites (tertiary alicyclic amines) is 1. The van der Waals surface area contributed by atoms with Gasteiger partial charge in [0, 0.05) is 22.3 Å². The maximum absolute atomic E-state index is 13.5. The summed E-state index contributed by atoms with van der Waals surface area (Å²) >= 11 is 12.6. The van der Waals surface area contributed by atoms with E-state index >= 15 is 0 Å². The van der Waals surface area contributed by atoms with Gasteiger partial charge in [-0.3, -0.25) is 4.79 Å². The molecule has 1 N–H and O–H groups in total. The predicted molar refractivity (Wildman–Crippen MR) is 132 cm³/mol. The van der Waals surface area contributed by atoms with Gasteiger partial charge in [0.2, 0.25) is 5.91 Å². The summed E-state index contributed by atoms with van der Waals surface area (Å²) in [5.74, 6) is 0.832. The normalized spacial score (nSPS) is 18.4. The van der Waals surface area contributed by atoms with E-state index in [0.29, 0.717) is 16.7 Å². The van der Waals surface area contributed by atoms with E-state index in [1.165, 1.54) is 25.9 Å². The van der Waals surface area contributed by atoms with E-state index in [0.717, 1.165) is 62.1 Å². The molecule has 0 aromatic heterocycles. The zero-order chi connectivity index (χ0) is 22.4. The molecule has 6 heteroatoms. The average Bonchev–Trinajstić information content (AvgIpc) is 3.32. The molecule has 2 fully saturated rings. The number of anilines is 1. The van der Waals surface area contributed by atoms with E-state index in [9.17, 15) is 4.79 Å². The second-order valence-electron chi connectivity index (χ2n) is 9.00. The van der Waals surface area contributed by atoms with Crippen molar-refractivity contribution in [2.24, 2.45) is 0 Å². The smallest absolute Gasteiger partial charge is 0.235 e. The molecular weight excluding hydrogens is 443 g/mol. The standard InChI is InChI=1S/C26H32Cl2N2O2/c27-20-7-12-23(24(28)19-20)26(13-2-1-3-14-26)25(31)29-21-8-10-22(11-9-21)32-18-6-17-30-15-4-5-16-30/h7-12,19H,1-6,13-18H2,(H,29,31). The maximum Gasteiger partial charge on any atom is 0.235 e. The average molecular weight is 475 g/mol. The van der Waals surface area contributed by atoms with Gasteiger partial charge in [-0.1, -0.05) is 48.5 Å². The summed E-state index contributed by atoms with van der Waals surface area (Å²) < 4.78 is 5.89. The van der Waals surface area contributed by atoms with Crippen molar-refractivity contribution in [2.75, 3.05) is 31.6 Å². The molecule has 0 radical (unpaired) electrons. The third-order valence-electron chi connectivity index (χ3n) is 6.79. The van der Waals surface area contributed by atoms with Crippen LogP contribution in [0.1, 0.15) is 56.9 Å². The zero-order valence-corrected chi connectivity index (χ0v) is 20.1. The summed E-state index contributed by atoms with van der Waals surface area (Å²) in [7, 11) is 0. The Bertz CT molecular complexity index is 905. The predicted octanol–water partition coefficient (Wildman–Crippen LogP) is 6.70. The minimum absolute atomic E-state index is 0.000652. The van der Waals surface area contributed by atoms with Crippen LogP contribution in [0.25, 0.3) is 0 Å². The maximum atomic E-state index is 13.5. The molecule has 1 aliphatic heterocycles. The molecule has 2 aromatic carbocycles. The lowest BCUT2D eigenvalue weighted by Gasteiger charge is -2.37. The fourth-order valence-corrected chi connectivity index (χ4v) is 5.61. The van der Waals surface area contributed by atoms with Crippen LogP contribution in [-0.2, 0) is 10.2 Å². The molecule has 172 valence electrons. The second-order valence-corrected chi connectivity index (χ2v) is 9.84. The van der Waals surface area contributed by atoms with Crippen molar-refractivity contribution in [3.63, 3.8) is 0 Å². The Morgan fingerprint density at radius 2 is 1.69 bits per heavy atom. The zero-order valence-electron chi connectivity index (χ0n) is 18.5. The van der Waals surface area contributed by atoms with Gasteiger partial charge in [0.15, 0.2) is 0 Å². The molecule has 4 nitrogen and oxygen atoms in total. The molecule has 1 saturated carbocycles. The quantitative estimate of drug-likeness (QED) is 0.432. The molecule has 0 spiro atoms. The Morgan fingerprint density at radius 3 is 2.38 bits per heavy atom. The number of carbonyl (C=O) groups excluding carboxylic acids is 1. The van der Waals surface area contributed by atoms with Crippen LogP contribution < -0.4 is 10.1 Å². The number of hydrogen-bond acceptors (Lipinski definition) is 3. The molecule has 0 bridgehead atoms. The number of carbonyl (C=O) groups is 1. The number of amides is 1. The Labute approximate surface area is 201 Å². The van der Waals surface area contributed by atoms with Crippen molar-refractivity contribution in [3.8, 4) is 5.75 Å². The Balaban J connectivity index is 1.37. The topological polar surface area (TPSA) is 41.6 Å². The highest BCUT2D eigenvalue weighted by Crippen LogP contribution is 2.44. The van der Waals surface area contributed by atoms with Crippen molar-refractivity contribution >= 4 is 34.8 Å². The first-order valence-corrected chi connectivity index (χ1v) is 12.5. The first kappa shape index (κ1) is 23.4. The molecule has 32 heavy (non-hydrogen) atoms. The number of ether oxygens (including phenoxy) is 1. The van der Waals surface area contributed by atoms with Crippen LogP contribution in [0.5, 0.6) is 5.75 Å². The van der Waals surface area contributed by atoms with Gasteiger partial charge in [-0.25, -0.2) is 0 Å². The molecule has 1 amide bonds. The Morgan fingerprint density at radius 1 is 0.969 bits per heavy atom. The molecule has 2 aliphatic rings. The van der Waals surface area contributed by atoms with Crippen molar-refractivity contribution < 1.29 is 9.53 Å². The number of benzene rings is 2. The summed E-state index contributed by atoms with van der Waals surface area (Å²) in [4.78, 5) is 16.0. The van der Waals surface area contributed by atoms with Gasteiger partial charge in [-0.05, 0) is 87.2 Å². The van der Waals surface area contributed by atoms with Crippen LogP contribution in [0, 0.1) is 0 Å². The summed E-state index contributed by atoms with van der Waals surface area (Å²) in [6, 6.07) is 13.1. The molecule has 2 aromatic rings. The van der Waals surface area contributed by atoms with E-state index in [2.05, 4.69) is 10.2 Å². The summed E-state index contributed by atoms with van der Waals surface area (Å²) in [6.45, 7) is 4.25. The van der Waals surface area contributed by atoms with E-state index < -0.39 is 5.41 Å². The third kappa shape index (κ3) is 5.59. The number of rotatable bonds is 8. The monoisotopic (exact) mass is 474 g/mol. The molecule has 0 atom stereocenters. The van der Waals surface area contributed by atoms with Crippen LogP contribution in [-0.4, -0.2) is 37.0 Å². The van der Waals surface area contributed by atoms with E-state index in [-0.39, 0.29) is 5.91 Å². The molecular formula is C26H32Cl2N2O2. The van der Waals surface area contributed by atoms with Crippen molar-refractivity contribution in [2.45, 2.75) is 56.8 Å². The summed E-state index contributed by atoms with van der Waals surface area (Å²) in [5, 5.41) is 4.28. The van der Waals surface area contributed by atoms with Gasteiger partial charge in [0.05, 0.1) is 12.0 Å². The molecule has 0 unspecified atom stereocenters. The first-order chi connectivity index (χ1) is 15.6. The number of halogens is 2. The van der Waals surface area contributed by atoms with Gasteiger partial charge >= 0.3 is 0 Å². The van der Waals surface area contributed by atoms with Gasteiger partial charge in [0.25, 0.3) is 0 Å². The molecule has 4 rings (SSSR count). The highest BCUT2D eigenvalue weighted by atomic mass is 35.5. The lowest BCUT2D eigenvalue weighted by molar-refractivity contribution is -0.122. The third-order valence-corrected chi connectivity index (χ3v) is 7.33. The van der Waals surface area contributed by atoms with Gasteiger partial charge in [0.1, 0.15) is 5.75 Å². The van der Waals surface area contributed by atoms with Crippen LogP contribution in [0.4, 0.5) is 5.69 Å². The van der Waals surface area contributed by atoms with E-state index in [1.807, 2.05) is 36.4 Å². The van der Waals surface area contributed by atoms with Crippen molar-refractivity contribution in [1.82, 2.24) is 4.90 Å². The van der Waals surface area contributed by atoms with Crippen LogP contribution in [0.3, 0.4) is 0 Å². The van der Waals surface area contributed by atoms with Crippen molar-refractivity contribution in [1.29, 1.82) is 0 Å². The van der Waals surface area contributed by atoms with Crippen molar-refractivity contribution in [3.05, 3.63) is 58.1 Å². The molecule has 1 heterocycles. The second kappa shape index (κ2) is 10.9. The summed E-state index contributed by atoms with van der Waals surface area (Å²) in [5.41, 5.74) is 1.03. The Hall–Kier alpha value is -1.75. The minimum atomic E-state index is -0.620. The van der Waals surface area contributed by atoms with Crippen LogP contribution in [0.2, 0.25) is 10.0 Å². The number of nitrogens with zero attached hydrogens (tertiary/aromatic N) is 1. The van der Waals surface area contributed by atoms with Gasteiger partial charge < -0.3 is 15.0 Å².